The quantitative estimate of drug-likeness (QED) is 0.355. The Labute approximate surface area is 159 Å². The van der Waals surface area contributed by atoms with Gasteiger partial charge in [0.2, 0.25) is 0 Å². The van der Waals surface area contributed by atoms with Crippen molar-refractivity contribution >= 4 is 7.26 Å². The third-order valence-corrected chi connectivity index (χ3v) is 10.2. The van der Waals surface area contributed by atoms with Crippen LogP contribution in [0.1, 0.15) is 36.5 Å². The second kappa shape index (κ2) is 9.70. The summed E-state index contributed by atoms with van der Waals surface area (Å²) in [7, 11) is -1.54. The molecule has 0 fully saturated rings. The first-order valence-electron chi connectivity index (χ1n) is 9.91. The van der Waals surface area contributed by atoms with Gasteiger partial charge in [-0.25, -0.2) is 0 Å². The van der Waals surface area contributed by atoms with Gasteiger partial charge >= 0.3 is 159 Å². The van der Waals surface area contributed by atoms with Crippen molar-refractivity contribution < 1.29 is 0 Å². The van der Waals surface area contributed by atoms with Gasteiger partial charge in [-0.3, -0.25) is 0 Å². The summed E-state index contributed by atoms with van der Waals surface area (Å²) < 4.78 is 0. The molecule has 3 aromatic rings. The molecule has 0 saturated heterocycles. The molecule has 0 aliphatic heterocycles. The Balaban J connectivity index is 1.94. The predicted molar refractivity (Wildman–Crippen MR) is 119 cm³/mol. The summed E-state index contributed by atoms with van der Waals surface area (Å²) in [4.78, 5) is 0. The topological polar surface area (TPSA) is 0 Å². The Bertz CT molecular complexity index is 649. The Morgan fingerprint density at radius 2 is 0.885 bits per heavy atom. The molecular formula is C25H31P. The molecular weight excluding hydrogens is 331 g/mol. The molecule has 1 heteroatoms. The van der Waals surface area contributed by atoms with E-state index in [1.807, 2.05) is 0 Å². The second-order valence-corrected chi connectivity index (χ2v) is 12.2. The van der Waals surface area contributed by atoms with Crippen LogP contribution in [0.4, 0.5) is 0 Å². The molecule has 0 aliphatic rings. The van der Waals surface area contributed by atoms with Crippen molar-refractivity contribution in [2.75, 3.05) is 6.16 Å². The Morgan fingerprint density at radius 3 is 1.19 bits per heavy atom. The van der Waals surface area contributed by atoms with Crippen LogP contribution < -0.4 is 0 Å². The standard InChI is InChI=1S/C25H31P/c1-2-3-19-26(20-23-13-7-4-8-14-23,21-24-15-9-5-10-16-24)22-25-17-11-6-12-18-25/h4-18,26H,2-3,19-22H2,1H3. The van der Waals surface area contributed by atoms with Gasteiger partial charge in [0.15, 0.2) is 0 Å². The SMILES string of the molecule is CCCC[PH](Cc1ccccc1)(Cc1ccccc1)Cc1ccccc1. The van der Waals surface area contributed by atoms with Crippen LogP contribution in [0.25, 0.3) is 0 Å². The van der Waals surface area contributed by atoms with Crippen LogP contribution in [-0.2, 0) is 18.5 Å². The van der Waals surface area contributed by atoms with Gasteiger partial charge < -0.3 is 0 Å². The minimum atomic E-state index is -1.54. The van der Waals surface area contributed by atoms with Gasteiger partial charge in [0.05, 0.1) is 0 Å². The van der Waals surface area contributed by atoms with E-state index in [0.717, 1.165) is 0 Å². The summed E-state index contributed by atoms with van der Waals surface area (Å²) in [5.41, 5.74) is 4.55. The maximum atomic E-state index is 2.33. The van der Waals surface area contributed by atoms with Crippen LogP contribution in [-0.4, -0.2) is 6.16 Å². The van der Waals surface area contributed by atoms with Gasteiger partial charge in [-0.15, -0.1) is 0 Å². The van der Waals surface area contributed by atoms with Crippen molar-refractivity contribution in [1.82, 2.24) is 0 Å². The third-order valence-electron chi connectivity index (χ3n) is 5.33. The molecule has 0 atom stereocenters. The maximum absolute atomic E-state index is 2.33. The number of rotatable bonds is 9. The summed E-state index contributed by atoms with van der Waals surface area (Å²) in [6.07, 6.45) is 7.86. The van der Waals surface area contributed by atoms with E-state index in [1.165, 1.54) is 54.2 Å². The summed E-state index contributed by atoms with van der Waals surface area (Å²) in [6.45, 7) is 2.33. The molecule has 3 aromatic carbocycles. The monoisotopic (exact) mass is 362 g/mol. The fourth-order valence-corrected chi connectivity index (χ4v) is 9.41. The second-order valence-electron chi connectivity index (χ2n) is 7.59. The number of benzene rings is 3. The van der Waals surface area contributed by atoms with Crippen LogP contribution in [0.5, 0.6) is 0 Å². The zero-order valence-electron chi connectivity index (χ0n) is 15.9. The molecule has 0 saturated carbocycles. The van der Waals surface area contributed by atoms with Crippen LogP contribution in [0.15, 0.2) is 91.0 Å². The fraction of sp³-hybridized carbons (Fsp3) is 0.280. The van der Waals surface area contributed by atoms with Crippen LogP contribution in [0, 0.1) is 0 Å². The van der Waals surface area contributed by atoms with Crippen LogP contribution in [0.2, 0.25) is 0 Å². The van der Waals surface area contributed by atoms with Crippen molar-refractivity contribution in [1.29, 1.82) is 0 Å². The summed E-state index contributed by atoms with van der Waals surface area (Å²) >= 11 is 0. The number of unbranched alkanes of at least 4 members (excludes halogenated alkanes) is 1. The van der Waals surface area contributed by atoms with Crippen molar-refractivity contribution in [2.45, 2.75) is 38.3 Å². The van der Waals surface area contributed by atoms with E-state index in [0.29, 0.717) is 0 Å². The molecule has 0 aliphatic carbocycles. The van der Waals surface area contributed by atoms with E-state index >= 15 is 0 Å². The molecule has 0 amide bonds. The average Bonchev–Trinajstić information content (AvgIpc) is 2.69. The zero-order valence-corrected chi connectivity index (χ0v) is 16.9. The van der Waals surface area contributed by atoms with Crippen molar-refractivity contribution in [3.8, 4) is 0 Å². The average molecular weight is 362 g/mol. The molecule has 0 N–H and O–H groups in total. The van der Waals surface area contributed by atoms with Gasteiger partial charge in [0.1, 0.15) is 0 Å². The fourth-order valence-electron chi connectivity index (χ4n) is 4.09. The van der Waals surface area contributed by atoms with Crippen LogP contribution >= 0.6 is 7.26 Å². The van der Waals surface area contributed by atoms with Crippen LogP contribution in [0.3, 0.4) is 0 Å². The van der Waals surface area contributed by atoms with E-state index < -0.39 is 7.26 Å². The summed E-state index contributed by atoms with van der Waals surface area (Å²) in [5.74, 6) is 0. The van der Waals surface area contributed by atoms with Gasteiger partial charge in [0.25, 0.3) is 0 Å². The van der Waals surface area contributed by atoms with E-state index in [-0.39, 0.29) is 0 Å². The van der Waals surface area contributed by atoms with Gasteiger partial charge in [-0.1, -0.05) is 0 Å². The van der Waals surface area contributed by atoms with Crippen molar-refractivity contribution in [3.63, 3.8) is 0 Å². The first-order chi connectivity index (χ1) is 12.8. The van der Waals surface area contributed by atoms with Crippen molar-refractivity contribution in [2.24, 2.45) is 0 Å². The molecule has 0 radical (unpaired) electrons. The number of hydrogen-bond acceptors (Lipinski definition) is 0. The Morgan fingerprint density at radius 1 is 0.538 bits per heavy atom. The normalized spacial score (nSPS) is 12.0. The Hall–Kier alpha value is -1.91. The van der Waals surface area contributed by atoms with Gasteiger partial charge in [-0.2, -0.15) is 0 Å². The molecule has 3 rings (SSSR count). The van der Waals surface area contributed by atoms with Crippen molar-refractivity contribution in [3.05, 3.63) is 108 Å². The minimum absolute atomic E-state index is 1.28. The van der Waals surface area contributed by atoms with E-state index in [9.17, 15) is 0 Å². The zero-order chi connectivity index (χ0) is 18.1. The van der Waals surface area contributed by atoms with E-state index in [1.54, 1.807) is 0 Å². The molecule has 0 nitrogen and oxygen atoms in total. The Kier molecular flexibility index (Phi) is 7.04. The van der Waals surface area contributed by atoms with E-state index in [2.05, 4.69) is 97.9 Å². The van der Waals surface area contributed by atoms with Gasteiger partial charge in [-0.05, 0) is 0 Å². The molecule has 136 valence electrons. The summed E-state index contributed by atoms with van der Waals surface area (Å²) in [6, 6.07) is 33.5. The third kappa shape index (κ3) is 5.55. The molecule has 0 spiro atoms. The first-order valence-corrected chi connectivity index (χ1v) is 12.7. The molecule has 0 bridgehead atoms. The first kappa shape index (κ1) is 18.9. The molecule has 0 aromatic heterocycles. The molecule has 0 heterocycles. The summed E-state index contributed by atoms with van der Waals surface area (Å²) in [5, 5.41) is 0. The van der Waals surface area contributed by atoms with E-state index in [4.69, 9.17) is 0 Å². The molecule has 26 heavy (non-hydrogen) atoms. The van der Waals surface area contributed by atoms with Gasteiger partial charge in [0, 0.05) is 0 Å². The number of hydrogen-bond donors (Lipinski definition) is 0. The molecule has 0 unspecified atom stereocenters. The predicted octanol–water partition coefficient (Wildman–Crippen LogP) is 7.14.